The standard InChI is InChI=1S/C25H29N3O3/c1-16-9-10-22(17(2)13-16)28-15-19(14-23(28)29)24(30)26-21-8-6-7-20(18(21)3)25(31)27-11-4-5-12-27/h6-10,13,19H,4-5,11-12,14-15H2,1-3H3,(H,26,30)/t19-/m1/s1. The Labute approximate surface area is 183 Å². The van der Waals surface area contributed by atoms with E-state index in [1.165, 1.54) is 0 Å². The quantitative estimate of drug-likeness (QED) is 0.819. The van der Waals surface area contributed by atoms with Crippen LogP contribution < -0.4 is 10.2 Å². The van der Waals surface area contributed by atoms with Crippen LogP contribution in [0.15, 0.2) is 36.4 Å². The molecule has 2 aliphatic rings. The minimum Gasteiger partial charge on any atom is -0.339 e. The van der Waals surface area contributed by atoms with Crippen LogP contribution in [0.5, 0.6) is 0 Å². The van der Waals surface area contributed by atoms with E-state index in [-0.39, 0.29) is 24.1 Å². The lowest BCUT2D eigenvalue weighted by Crippen LogP contribution is -2.30. The van der Waals surface area contributed by atoms with E-state index < -0.39 is 5.92 Å². The molecule has 2 fully saturated rings. The van der Waals surface area contributed by atoms with Gasteiger partial charge in [0.2, 0.25) is 11.8 Å². The van der Waals surface area contributed by atoms with Crippen molar-refractivity contribution in [1.82, 2.24) is 4.90 Å². The topological polar surface area (TPSA) is 69.7 Å². The van der Waals surface area contributed by atoms with Gasteiger partial charge in [0.1, 0.15) is 0 Å². The number of carbonyl (C=O) groups is 3. The Morgan fingerprint density at radius 3 is 2.48 bits per heavy atom. The lowest BCUT2D eigenvalue weighted by molar-refractivity contribution is -0.122. The van der Waals surface area contributed by atoms with E-state index in [0.717, 1.165) is 48.3 Å². The van der Waals surface area contributed by atoms with E-state index in [2.05, 4.69) is 5.32 Å². The summed E-state index contributed by atoms with van der Waals surface area (Å²) in [6, 6.07) is 11.4. The average molecular weight is 420 g/mol. The van der Waals surface area contributed by atoms with Gasteiger partial charge in [-0.3, -0.25) is 14.4 Å². The van der Waals surface area contributed by atoms with Crippen molar-refractivity contribution in [2.75, 3.05) is 29.9 Å². The van der Waals surface area contributed by atoms with Crippen molar-refractivity contribution in [3.63, 3.8) is 0 Å². The first kappa shape index (κ1) is 21.1. The van der Waals surface area contributed by atoms with E-state index in [1.807, 2.05) is 56.0 Å². The number of amides is 3. The van der Waals surface area contributed by atoms with Crippen LogP contribution in [-0.2, 0) is 9.59 Å². The SMILES string of the molecule is Cc1ccc(N2C[C@H](C(=O)Nc3cccc(C(=O)N4CCCC4)c3C)CC2=O)c(C)c1. The normalized spacial score (nSPS) is 18.5. The van der Waals surface area contributed by atoms with Crippen LogP contribution in [0.4, 0.5) is 11.4 Å². The first-order chi connectivity index (χ1) is 14.8. The number of benzene rings is 2. The number of carbonyl (C=O) groups excluding carboxylic acids is 3. The fraction of sp³-hybridized carbons (Fsp3) is 0.400. The predicted molar refractivity (Wildman–Crippen MR) is 121 cm³/mol. The van der Waals surface area contributed by atoms with Crippen LogP contribution in [0.25, 0.3) is 0 Å². The molecule has 2 heterocycles. The number of hydrogen-bond donors (Lipinski definition) is 1. The lowest BCUT2D eigenvalue weighted by Gasteiger charge is -2.20. The molecule has 1 N–H and O–H groups in total. The van der Waals surface area contributed by atoms with Crippen molar-refractivity contribution < 1.29 is 14.4 Å². The molecule has 4 rings (SSSR count). The van der Waals surface area contributed by atoms with E-state index in [1.54, 1.807) is 11.0 Å². The molecule has 31 heavy (non-hydrogen) atoms. The third-order valence-corrected chi connectivity index (χ3v) is 6.35. The summed E-state index contributed by atoms with van der Waals surface area (Å²) < 4.78 is 0. The zero-order valence-corrected chi connectivity index (χ0v) is 18.4. The maximum atomic E-state index is 13.0. The molecule has 2 saturated heterocycles. The van der Waals surface area contributed by atoms with Gasteiger partial charge in [-0.15, -0.1) is 0 Å². The highest BCUT2D eigenvalue weighted by molar-refractivity contribution is 6.05. The highest BCUT2D eigenvalue weighted by Gasteiger charge is 2.36. The number of rotatable bonds is 4. The molecular weight excluding hydrogens is 390 g/mol. The molecule has 0 spiro atoms. The number of nitrogens with one attached hydrogen (secondary N) is 1. The first-order valence-corrected chi connectivity index (χ1v) is 10.9. The average Bonchev–Trinajstić information content (AvgIpc) is 3.39. The molecule has 6 nitrogen and oxygen atoms in total. The van der Waals surface area contributed by atoms with E-state index >= 15 is 0 Å². The fourth-order valence-electron chi connectivity index (χ4n) is 4.55. The van der Waals surface area contributed by atoms with Crippen molar-refractivity contribution in [2.24, 2.45) is 5.92 Å². The van der Waals surface area contributed by atoms with Gasteiger partial charge in [0.05, 0.1) is 5.92 Å². The summed E-state index contributed by atoms with van der Waals surface area (Å²) in [6.45, 7) is 7.79. The molecular formula is C25H29N3O3. The van der Waals surface area contributed by atoms with Gasteiger partial charge >= 0.3 is 0 Å². The fourth-order valence-corrected chi connectivity index (χ4v) is 4.55. The Balaban J connectivity index is 1.48. The Kier molecular flexibility index (Phi) is 5.81. The second-order valence-electron chi connectivity index (χ2n) is 8.66. The van der Waals surface area contributed by atoms with Gasteiger partial charge < -0.3 is 15.1 Å². The van der Waals surface area contributed by atoms with Crippen LogP contribution in [-0.4, -0.2) is 42.3 Å². The molecule has 6 heteroatoms. The molecule has 2 aromatic carbocycles. The maximum absolute atomic E-state index is 13.0. The van der Waals surface area contributed by atoms with Crippen molar-refractivity contribution in [1.29, 1.82) is 0 Å². The Morgan fingerprint density at radius 2 is 1.77 bits per heavy atom. The second-order valence-corrected chi connectivity index (χ2v) is 8.66. The minimum atomic E-state index is -0.425. The van der Waals surface area contributed by atoms with Gasteiger partial charge in [-0.05, 0) is 62.9 Å². The summed E-state index contributed by atoms with van der Waals surface area (Å²) >= 11 is 0. The maximum Gasteiger partial charge on any atom is 0.254 e. The Hall–Kier alpha value is -3.15. The highest BCUT2D eigenvalue weighted by Crippen LogP contribution is 2.30. The van der Waals surface area contributed by atoms with Crippen LogP contribution in [0.1, 0.15) is 46.3 Å². The third kappa shape index (κ3) is 4.20. The number of anilines is 2. The van der Waals surface area contributed by atoms with Crippen molar-refractivity contribution in [3.8, 4) is 0 Å². The van der Waals surface area contributed by atoms with Crippen LogP contribution >= 0.6 is 0 Å². The summed E-state index contributed by atoms with van der Waals surface area (Å²) in [5, 5.41) is 2.97. The van der Waals surface area contributed by atoms with E-state index in [9.17, 15) is 14.4 Å². The predicted octanol–water partition coefficient (Wildman–Crippen LogP) is 3.84. The van der Waals surface area contributed by atoms with Crippen molar-refractivity contribution in [2.45, 2.75) is 40.0 Å². The van der Waals surface area contributed by atoms with Crippen LogP contribution in [0, 0.1) is 26.7 Å². The molecule has 0 saturated carbocycles. The molecule has 162 valence electrons. The summed E-state index contributed by atoms with van der Waals surface area (Å²) in [6.07, 6.45) is 2.26. The molecule has 0 aliphatic carbocycles. The summed E-state index contributed by atoms with van der Waals surface area (Å²) in [5.74, 6) is -0.634. The van der Waals surface area contributed by atoms with Gasteiger partial charge in [0, 0.05) is 43.0 Å². The minimum absolute atomic E-state index is 0.0168. The Morgan fingerprint density at radius 1 is 1.03 bits per heavy atom. The van der Waals surface area contributed by atoms with Gasteiger partial charge in [-0.25, -0.2) is 0 Å². The lowest BCUT2D eigenvalue weighted by atomic mass is 10.0. The van der Waals surface area contributed by atoms with Gasteiger partial charge in [0.15, 0.2) is 0 Å². The molecule has 2 aromatic rings. The molecule has 0 radical (unpaired) electrons. The zero-order chi connectivity index (χ0) is 22.1. The van der Waals surface area contributed by atoms with Gasteiger partial charge in [-0.1, -0.05) is 23.8 Å². The van der Waals surface area contributed by atoms with Crippen molar-refractivity contribution >= 4 is 29.1 Å². The van der Waals surface area contributed by atoms with Crippen LogP contribution in [0.3, 0.4) is 0 Å². The highest BCUT2D eigenvalue weighted by atomic mass is 16.2. The van der Waals surface area contributed by atoms with Crippen molar-refractivity contribution in [3.05, 3.63) is 58.7 Å². The van der Waals surface area contributed by atoms with Gasteiger partial charge in [0.25, 0.3) is 5.91 Å². The Bertz CT molecular complexity index is 1040. The number of hydrogen-bond acceptors (Lipinski definition) is 3. The first-order valence-electron chi connectivity index (χ1n) is 10.9. The van der Waals surface area contributed by atoms with E-state index in [0.29, 0.717) is 17.8 Å². The third-order valence-electron chi connectivity index (χ3n) is 6.35. The molecule has 0 unspecified atom stereocenters. The van der Waals surface area contributed by atoms with Gasteiger partial charge in [-0.2, -0.15) is 0 Å². The summed E-state index contributed by atoms with van der Waals surface area (Å²) in [7, 11) is 0. The molecule has 0 bridgehead atoms. The number of nitrogens with zero attached hydrogens (tertiary/aromatic N) is 2. The molecule has 0 aromatic heterocycles. The second kappa shape index (κ2) is 8.53. The number of likely N-dealkylation sites (tertiary alicyclic amines) is 1. The summed E-state index contributed by atoms with van der Waals surface area (Å²) in [5.41, 5.74) is 5.05. The largest absolute Gasteiger partial charge is 0.339 e. The molecule has 1 atom stereocenters. The van der Waals surface area contributed by atoms with E-state index in [4.69, 9.17) is 0 Å². The number of aryl methyl sites for hydroxylation is 2. The monoisotopic (exact) mass is 419 g/mol. The van der Waals surface area contributed by atoms with Crippen LogP contribution in [0.2, 0.25) is 0 Å². The smallest absolute Gasteiger partial charge is 0.254 e. The molecule has 3 amide bonds. The zero-order valence-electron chi connectivity index (χ0n) is 18.4. The molecule has 2 aliphatic heterocycles. The summed E-state index contributed by atoms with van der Waals surface area (Å²) in [4.78, 5) is 42.0.